The normalized spacial score (nSPS) is 12.0. The third-order valence-corrected chi connectivity index (χ3v) is 5.44. The molecule has 3 rings (SSSR count). The van der Waals surface area contributed by atoms with Crippen LogP contribution < -0.4 is 4.90 Å². The van der Waals surface area contributed by atoms with Gasteiger partial charge in [0.25, 0.3) is 5.91 Å². The van der Waals surface area contributed by atoms with Gasteiger partial charge < -0.3 is 14.9 Å². The van der Waals surface area contributed by atoms with Crippen molar-refractivity contribution in [2.24, 2.45) is 0 Å². The van der Waals surface area contributed by atoms with E-state index in [4.69, 9.17) is 0 Å². The number of carbonyl (C=O) groups excluding carboxylic acids is 1. The Balaban J connectivity index is 1.86. The van der Waals surface area contributed by atoms with E-state index in [1.807, 2.05) is 60.7 Å². The Bertz CT molecular complexity index is 907. The van der Waals surface area contributed by atoms with Crippen molar-refractivity contribution in [1.29, 1.82) is 0 Å². The molecule has 156 valence electrons. The molecule has 0 saturated carbocycles. The number of anilines is 1. The Morgan fingerprint density at radius 1 is 0.767 bits per heavy atom. The standard InChI is InChI=1S/C26H30N2O2/c1-3-27(4-2)19-20-28(26(30)25(29)23-13-9-6-10-14-23)24-17-15-22(16-18-24)21-11-7-5-8-12-21/h5-18,25,29H,3-4,19-20H2,1-2H3. The highest BCUT2D eigenvalue weighted by molar-refractivity contribution is 5.97. The second kappa shape index (κ2) is 10.7. The molecule has 4 heteroatoms. The van der Waals surface area contributed by atoms with Crippen LogP contribution in [0.15, 0.2) is 84.9 Å². The summed E-state index contributed by atoms with van der Waals surface area (Å²) >= 11 is 0. The van der Waals surface area contributed by atoms with Crippen molar-refractivity contribution in [3.8, 4) is 11.1 Å². The van der Waals surface area contributed by atoms with Crippen molar-refractivity contribution in [2.75, 3.05) is 31.1 Å². The predicted molar refractivity (Wildman–Crippen MR) is 123 cm³/mol. The van der Waals surface area contributed by atoms with E-state index in [0.29, 0.717) is 12.1 Å². The van der Waals surface area contributed by atoms with Crippen LogP contribution in [0.5, 0.6) is 0 Å². The lowest BCUT2D eigenvalue weighted by atomic mass is 10.0. The number of carbonyl (C=O) groups is 1. The molecular weight excluding hydrogens is 372 g/mol. The summed E-state index contributed by atoms with van der Waals surface area (Å²) in [6.07, 6.45) is -1.18. The average molecular weight is 403 g/mol. The van der Waals surface area contributed by atoms with E-state index in [9.17, 15) is 9.90 Å². The molecule has 1 unspecified atom stereocenters. The van der Waals surface area contributed by atoms with Gasteiger partial charge in [-0.15, -0.1) is 0 Å². The van der Waals surface area contributed by atoms with Crippen molar-refractivity contribution < 1.29 is 9.90 Å². The van der Waals surface area contributed by atoms with Crippen LogP contribution in [-0.2, 0) is 4.79 Å². The van der Waals surface area contributed by atoms with E-state index in [1.54, 1.807) is 17.0 Å². The number of hydrogen-bond donors (Lipinski definition) is 1. The zero-order valence-electron chi connectivity index (χ0n) is 17.7. The van der Waals surface area contributed by atoms with Crippen LogP contribution in [0.2, 0.25) is 0 Å². The Morgan fingerprint density at radius 3 is 1.87 bits per heavy atom. The van der Waals surface area contributed by atoms with Crippen molar-refractivity contribution in [1.82, 2.24) is 4.90 Å². The number of amides is 1. The van der Waals surface area contributed by atoms with E-state index < -0.39 is 6.10 Å². The molecule has 0 aromatic heterocycles. The van der Waals surface area contributed by atoms with E-state index in [0.717, 1.165) is 36.4 Å². The molecule has 30 heavy (non-hydrogen) atoms. The minimum absolute atomic E-state index is 0.305. The first kappa shape index (κ1) is 21.8. The Labute approximate surface area is 179 Å². The molecule has 1 N–H and O–H groups in total. The van der Waals surface area contributed by atoms with E-state index in [1.165, 1.54) is 0 Å². The van der Waals surface area contributed by atoms with Crippen LogP contribution >= 0.6 is 0 Å². The van der Waals surface area contributed by atoms with Gasteiger partial charge in [-0.25, -0.2) is 0 Å². The number of benzene rings is 3. The SMILES string of the molecule is CCN(CC)CCN(C(=O)C(O)c1ccccc1)c1ccc(-c2ccccc2)cc1. The van der Waals surface area contributed by atoms with Crippen molar-refractivity contribution >= 4 is 11.6 Å². The third-order valence-electron chi connectivity index (χ3n) is 5.44. The van der Waals surface area contributed by atoms with Crippen LogP contribution in [0, 0.1) is 0 Å². The molecule has 3 aromatic carbocycles. The van der Waals surface area contributed by atoms with Crippen LogP contribution in [0.1, 0.15) is 25.5 Å². The zero-order valence-corrected chi connectivity index (χ0v) is 17.7. The number of nitrogens with zero attached hydrogens (tertiary/aromatic N) is 2. The van der Waals surface area contributed by atoms with Gasteiger partial charge in [0.2, 0.25) is 0 Å². The Morgan fingerprint density at radius 2 is 1.30 bits per heavy atom. The molecule has 0 aliphatic heterocycles. The molecule has 0 bridgehead atoms. The molecule has 1 amide bonds. The largest absolute Gasteiger partial charge is 0.378 e. The number of rotatable bonds is 9. The van der Waals surface area contributed by atoms with Crippen LogP contribution in [0.3, 0.4) is 0 Å². The molecule has 3 aromatic rings. The van der Waals surface area contributed by atoms with Gasteiger partial charge in [-0.3, -0.25) is 4.79 Å². The first-order valence-electron chi connectivity index (χ1n) is 10.6. The highest BCUT2D eigenvalue weighted by Gasteiger charge is 2.25. The number of likely N-dealkylation sites (N-methyl/N-ethyl adjacent to an activating group) is 1. The minimum Gasteiger partial charge on any atom is -0.378 e. The molecule has 0 heterocycles. The maximum absolute atomic E-state index is 13.2. The Kier molecular flexibility index (Phi) is 7.77. The summed E-state index contributed by atoms with van der Waals surface area (Å²) in [5, 5.41) is 10.7. The van der Waals surface area contributed by atoms with Crippen LogP contribution in [0.4, 0.5) is 5.69 Å². The van der Waals surface area contributed by atoms with E-state index >= 15 is 0 Å². The van der Waals surface area contributed by atoms with Crippen molar-refractivity contribution in [3.63, 3.8) is 0 Å². The second-order valence-corrected chi connectivity index (χ2v) is 7.24. The fraction of sp³-hybridized carbons (Fsp3) is 0.269. The molecule has 0 saturated heterocycles. The quantitative estimate of drug-likeness (QED) is 0.561. The molecule has 1 atom stereocenters. The third kappa shape index (κ3) is 5.35. The highest BCUT2D eigenvalue weighted by Crippen LogP contribution is 2.25. The van der Waals surface area contributed by atoms with Gasteiger partial charge in [0.05, 0.1) is 0 Å². The van der Waals surface area contributed by atoms with Crippen LogP contribution in [0.25, 0.3) is 11.1 Å². The molecule has 0 radical (unpaired) electrons. The number of hydrogen-bond acceptors (Lipinski definition) is 3. The van der Waals surface area contributed by atoms with Gasteiger partial charge >= 0.3 is 0 Å². The minimum atomic E-state index is -1.18. The summed E-state index contributed by atoms with van der Waals surface area (Å²) in [5.74, 6) is -0.305. The molecule has 0 spiro atoms. The van der Waals surface area contributed by atoms with Gasteiger partial charge in [0, 0.05) is 18.8 Å². The lowest BCUT2D eigenvalue weighted by Crippen LogP contribution is -2.41. The average Bonchev–Trinajstić information content (AvgIpc) is 2.82. The summed E-state index contributed by atoms with van der Waals surface area (Å²) in [5.41, 5.74) is 3.63. The monoisotopic (exact) mass is 402 g/mol. The van der Waals surface area contributed by atoms with Gasteiger partial charge in [0.1, 0.15) is 0 Å². The fourth-order valence-electron chi connectivity index (χ4n) is 3.54. The van der Waals surface area contributed by atoms with Gasteiger partial charge in [-0.2, -0.15) is 0 Å². The maximum atomic E-state index is 13.2. The first-order chi connectivity index (χ1) is 14.6. The number of aliphatic hydroxyl groups excluding tert-OH is 1. The lowest BCUT2D eigenvalue weighted by Gasteiger charge is -2.28. The smallest absolute Gasteiger partial charge is 0.260 e. The number of aliphatic hydroxyl groups is 1. The summed E-state index contributed by atoms with van der Waals surface area (Å²) in [6, 6.07) is 27.2. The summed E-state index contributed by atoms with van der Waals surface area (Å²) in [4.78, 5) is 17.2. The van der Waals surface area contributed by atoms with E-state index in [-0.39, 0.29) is 5.91 Å². The van der Waals surface area contributed by atoms with Crippen LogP contribution in [-0.4, -0.2) is 42.1 Å². The van der Waals surface area contributed by atoms with Gasteiger partial charge in [-0.05, 0) is 41.9 Å². The highest BCUT2D eigenvalue weighted by atomic mass is 16.3. The molecule has 0 fully saturated rings. The van der Waals surface area contributed by atoms with E-state index in [2.05, 4.69) is 30.9 Å². The summed E-state index contributed by atoms with van der Waals surface area (Å²) in [6.45, 7) is 7.35. The summed E-state index contributed by atoms with van der Waals surface area (Å²) < 4.78 is 0. The first-order valence-corrected chi connectivity index (χ1v) is 10.6. The zero-order chi connectivity index (χ0) is 21.3. The van der Waals surface area contributed by atoms with Crippen molar-refractivity contribution in [3.05, 3.63) is 90.5 Å². The maximum Gasteiger partial charge on any atom is 0.260 e. The fourth-order valence-corrected chi connectivity index (χ4v) is 3.54. The molecular formula is C26H30N2O2. The Hall–Kier alpha value is -2.95. The van der Waals surface area contributed by atoms with Gasteiger partial charge in [0.15, 0.2) is 6.10 Å². The predicted octanol–water partition coefficient (Wildman–Crippen LogP) is 4.76. The topological polar surface area (TPSA) is 43.8 Å². The van der Waals surface area contributed by atoms with Gasteiger partial charge in [-0.1, -0.05) is 86.6 Å². The molecule has 0 aliphatic rings. The lowest BCUT2D eigenvalue weighted by molar-refractivity contribution is -0.127. The van der Waals surface area contributed by atoms with Crippen molar-refractivity contribution in [2.45, 2.75) is 20.0 Å². The summed E-state index contributed by atoms with van der Waals surface area (Å²) in [7, 11) is 0. The second-order valence-electron chi connectivity index (χ2n) is 7.24. The molecule has 4 nitrogen and oxygen atoms in total. The molecule has 0 aliphatic carbocycles.